The van der Waals surface area contributed by atoms with Gasteiger partial charge in [-0.3, -0.25) is 14.5 Å². The van der Waals surface area contributed by atoms with Gasteiger partial charge in [0, 0.05) is 37.7 Å². The van der Waals surface area contributed by atoms with E-state index < -0.39 is 0 Å². The Labute approximate surface area is 190 Å². The van der Waals surface area contributed by atoms with Crippen LogP contribution in [0.5, 0.6) is 0 Å². The van der Waals surface area contributed by atoms with Gasteiger partial charge in [-0.1, -0.05) is 37.0 Å². The van der Waals surface area contributed by atoms with Crippen LogP contribution in [0.2, 0.25) is 0 Å². The summed E-state index contributed by atoms with van der Waals surface area (Å²) in [7, 11) is 0. The number of benzene rings is 1. The van der Waals surface area contributed by atoms with Gasteiger partial charge < -0.3 is 9.88 Å². The standard InChI is InChI=1S/C26H34N4O2/c1-18-10-12-19(13-11-18)26(32)30-15-6-5-9-23(30)24-27-22-14-16-29(17-21(22)25(31)28-24)20-7-3-2-4-8-20/h10-13,20,23H,2-9,14-17H2,1H3,(H,27,28,31)/t23-/m1/s1. The van der Waals surface area contributed by atoms with Crippen molar-refractivity contribution in [2.75, 3.05) is 13.1 Å². The van der Waals surface area contributed by atoms with Crippen molar-refractivity contribution in [2.24, 2.45) is 0 Å². The summed E-state index contributed by atoms with van der Waals surface area (Å²) in [5, 5.41) is 0. The number of fused-ring (bicyclic) bond motifs is 1. The van der Waals surface area contributed by atoms with Crippen molar-refractivity contribution in [3.05, 3.63) is 62.8 Å². The predicted molar refractivity (Wildman–Crippen MR) is 125 cm³/mol. The number of likely N-dealkylation sites (tertiary alicyclic amines) is 1. The van der Waals surface area contributed by atoms with Gasteiger partial charge in [0.2, 0.25) is 0 Å². The van der Waals surface area contributed by atoms with E-state index in [9.17, 15) is 9.59 Å². The van der Waals surface area contributed by atoms with Crippen LogP contribution in [0.25, 0.3) is 0 Å². The highest BCUT2D eigenvalue weighted by atomic mass is 16.2. The largest absolute Gasteiger partial charge is 0.328 e. The summed E-state index contributed by atoms with van der Waals surface area (Å²) < 4.78 is 0. The number of aromatic nitrogens is 2. The third-order valence-corrected chi connectivity index (χ3v) is 7.59. The number of nitrogens with one attached hydrogen (secondary N) is 1. The Bertz CT molecular complexity index is 1020. The molecule has 2 aromatic rings. The highest BCUT2D eigenvalue weighted by Gasteiger charge is 2.33. The molecule has 0 unspecified atom stereocenters. The summed E-state index contributed by atoms with van der Waals surface area (Å²) in [6.45, 7) is 4.41. The van der Waals surface area contributed by atoms with E-state index in [1.807, 2.05) is 36.1 Å². The molecule has 6 nitrogen and oxygen atoms in total. The summed E-state index contributed by atoms with van der Waals surface area (Å²) in [4.78, 5) is 38.8. The maximum atomic E-state index is 13.3. The lowest BCUT2D eigenvalue weighted by Crippen LogP contribution is -2.44. The normalized spacial score (nSPS) is 22.5. The van der Waals surface area contributed by atoms with Crippen molar-refractivity contribution in [3.63, 3.8) is 0 Å². The van der Waals surface area contributed by atoms with Crippen LogP contribution in [0.4, 0.5) is 0 Å². The number of aromatic amines is 1. The lowest BCUT2D eigenvalue weighted by atomic mass is 9.92. The molecule has 0 bridgehead atoms. The van der Waals surface area contributed by atoms with Crippen LogP contribution in [0, 0.1) is 6.92 Å². The molecule has 1 saturated heterocycles. The highest BCUT2D eigenvalue weighted by Crippen LogP contribution is 2.31. The number of hydrogen-bond donors (Lipinski definition) is 1. The van der Waals surface area contributed by atoms with Crippen molar-refractivity contribution in [2.45, 2.75) is 83.3 Å². The van der Waals surface area contributed by atoms with E-state index >= 15 is 0 Å². The van der Waals surface area contributed by atoms with Crippen molar-refractivity contribution < 1.29 is 4.79 Å². The van der Waals surface area contributed by atoms with E-state index in [0.717, 1.165) is 49.0 Å². The van der Waals surface area contributed by atoms with Crippen molar-refractivity contribution in [1.82, 2.24) is 19.8 Å². The number of amides is 1. The monoisotopic (exact) mass is 434 g/mol. The van der Waals surface area contributed by atoms with Crippen molar-refractivity contribution >= 4 is 5.91 Å². The number of nitrogens with zero attached hydrogens (tertiary/aromatic N) is 3. The molecule has 1 saturated carbocycles. The molecule has 0 radical (unpaired) electrons. The van der Waals surface area contributed by atoms with Crippen LogP contribution in [0.15, 0.2) is 29.1 Å². The van der Waals surface area contributed by atoms with Gasteiger partial charge in [-0.15, -0.1) is 0 Å². The van der Waals surface area contributed by atoms with Gasteiger partial charge >= 0.3 is 0 Å². The molecule has 1 N–H and O–H groups in total. The van der Waals surface area contributed by atoms with Gasteiger partial charge in [0.1, 0.15) is 5.82 Å². The van der Waals surface area contributed by atoms with Crippen LogP contribution >= 0.6 is 0 Å². The molecular weight excluding hydrogens is 400 g/mol. The maximum Gasteiger partial charge on any atom is 0.255 e. The van der Waals surface area contributed by atoms with Crippen molar-refractivity contribution in [3.8, 4) is 0 Å². The smallest absolute Gasteiger partial charge is 0.255 e. The fourth-order valence-corrected chi connectivity index (χ4v) is 5.70. The van der Waals surface area contributed by atoms with E-state index in [1.165, 1.54) is 32.1 Å². The summed E-state index contributed by atoms with van der Waals surface area (Å²) in [5.41, 5.74) is 3.59. The predicted octanol–water partition coefficient (Wildman–Crippen LogP) is 4.14. The van der Waals surface area contributed by atoms with Crippen LogP contribution in [-0.4, -0.2) is 44.8 Å². The first-order valence-electron chi connectivity index (χ1n) is 12.3. The summed E-state index contributed by atoms with van der Waals surface area (Å²) in [6.07, 6.45) is 10.1. The zero-order valence-electron chi connectivity index (χ0n) is 19.1. The van der Waals surface area contributed by atoms with E-state index in [2.05, 4.69) is 9.88 Å². The van der Waals surface area contributed by atoms with Gasteiger partial charge in [0.15, 0.2) is 0 Å². The molecule has 2 aliphatic heterocycles. The van der Waals surface area contributed by atoms with Gasteiger partial charge in [0.25, 0.3) is 11.5 Å². The molecule has 1 amide bonds. The summed E-state index contributed by atoms with van der Waals surface area (Å²) >= 11 is 0. The molecule has 6 heteroatoms. The first kappa shape index (κ1) is 21.4. The number of hydrogen-bond acceptors (Lipinski definition) is 4. The lowest BCUT2D eigenvalue weighted by Gasteiger charge is -2.38. The maximum absolute atomic E-state index is 13.3. The molecule has 1 aliphatic carbocycles. The molecule has 170 valence electrons. The van der Waals surface area contributed by atoms with Gasteiger partial charge in [-0.2, -0.15) is 0 Å². The summed E-state index contributed by atoms with van der Waals surface area (Å²) in [6, 6.07) is 8.19. The molecule has 3 heterocycles. The van der Waals surface area contributed by atoms with E-state index in [-0.39, 0.29) is 17.5 Å². The van der Waals surface area contributed by atoms with Crippen LogP contribution in [-0.2, 0) is 13.0 Å². The molecule has 1 atom stereocenters. The van der Waals surface area contributed by atoms with Crippen molar-refractivity contribution in [1.29, 1.82) is 0 Å². The Morgan fingerprint density at radius 3 is 2.53 bits per heavy atom. The third kappa shape index (κ3) is 4.25. The molecule has 0 spiro atoms. The Balaban J connectivity index is 1.39. The van der Waals surface area contributed by atoms with E-state index in [0.29, 0.717) is 30.5 Å². The fourth-order valence-electron chi connectivity index (χ4n) is 5.70. The van der Waals surface area contributed by atoms with Gasteiger partial charge in [-0.05, 0) is 51.2 Å². The minimum absolute atomic E-state index is 0.0150. The Morgan fingerprint density at radius 1 is 1.00 bits per heavy atom. The number of H-pyrrole nitrogens is 1. The third-order valence-electron chi connectivity index (χ3n) is 7.59. The van der Waals surface area contributed by atoms with Crippen LogP contribution in [0.1, 0.15) is 90.4 Å². The molecule has 32 heavy (non-hydrogen) atoms. The average molecular weight is 435 g/mol. The SMILES string of the molecule is Cc1ccc(C(=O)N2CCCC[C@@H]2c2nc3c(c(=O)[nH]2)CN(C2CCCCC2)CC3)cc1. The quantitative estimate of drug-likeness (QED) is 0.788. The zero-order chi connectivity index (χ0) is 22.1. The van der Waals surface area contributed by atoms with Crippen LogP contribution in [0.3, 0.4) is 0 Å². The second-order valence-corrected chi connectivity index (χ2v) is 9.76. The zero-order valence-corrected chi connectivity index (χ0v) is 19.1. The molecular formula is C26H34N4O2. The molecule has 2 fully saturated rings. The molecule has 5 rings (SSSR count). The number of carbonyl (C=O) groups excluding carboxylic acids is 1. The average Bonchev–Trinajstić information content (AvgIpc) is 2.84. The number of aryl methyl sites for hydroxylation is 1. The second-order valence-electron chi connectivity index (χ2n) is 9.76. The first-order valence-corrected chi connectivity index (χ1v) is 12.3. The highest BCUT2D eigenvalue weighted by molar-refractivity contribution is 5.94. The summed E-state index contributed by atoms with van der Waals surface area (Å²) in [5.74, 6) is 0.693. The Morgan fingerprint density at radius 2 is 1.75 bits per heavy atom. The fraction of sp³-hybridized carbons (Fsp3) is 0.577. The topological polar surface area (TPSA) is 69.3 Å². The minimum Gasteiger partial charge on any atom is -0.328 e. The first-order chi connectivity index (χ1) is 15.6. The lowest BCUT2D eigenvalue weighted by molar-refractivity contribution is 0.0598. The van der Waals surface area contributed by atoms with E-state index in [1.54, 1.807) is 0 Å². The van der Waals surface area contributed by atoms with E-state index in [4.69, 9.17) is 4.98 Å². The molecule has 1 aromatic heterocycles. The van der Waals surface area contributed by atoms with Gasteiger partial charge in [0.05, 0.1) is 17.3 Å². The van der Waals surface area contributed by atoms with Crippen LogP contribution < -0.4 is 5.56 Å². The minimum atomic E-state index is -0.160. The number of carbonyl (C=O) groups is 1. The Kier molecular flexibility index (Phi) is 6.13. The second kappa shape index (κ2) is 9.18. The number of piperidine rings is 1. The molecule has 3 aliphatic rings. The molecule has 1 aromatic carbocycles. The number of rotatable bonds is 3. The van der Waals surface area contributed by atoms with Gasteiger partial charge in [-0.25, -0.2) is 4.98 Å². The Hall–Kier alpha value is -2.47.